The summed E-state index contributed by atoms with van der Waals surface area (Å²) in [7, 11) is 0. The lowest BCUT2D eigenvalue weighted by Gasteiger charge is -2.42. The van der Waals surface area contributed by atoms with Crippen LogP contribution in [0.15, 0.2) is 0 Å². The van der Waals surface area contributed by atoms with Crippen LogP contribution in [0.1, 0.15) is 48.5 Å². The van der Waals surface area contributed by atoms with Gasteiger partial charge in [-0.2, -0.15) is 10.5 Å². The molecule has 0 spiro atoms. The fourth-order valence-electron chi connectivity index (χ4n) is 2.27. The smallest absolute Gasteiger partial charge is 0.136 e. The fourth-order valence-corrected chi connectivity index (χ4v) is 2.27. The summed E-state index contributed by atoms with van der Waals surface area (Å²) >= 11 is 0. The average molecular weight is 220 g/mol. The van der Waals surface area contributed by atoms with Gasteiger partial charge in [0, 0.05) is 0 Å². The molecule has 0 heterocycles. The first kappa shape index (κ1) is 15.0. The maximum absolute atomic E-state index is 9.10. The summed E-state index contributed by atoms with van der Waals surface area (Å²) in [5.74, 6) is -0.0893. The summed E-state index contributed by atoms with van der Waals surface area (Å²) in [5, 5.41) is 18.2. The van der Waals surface area contributed by atoms with Crippen molar-refractivity contribution in [1.82, 2.24) is 0 Å². The van der Waals surface area contributed by atoms with Crippen molar-refractivity contribution in [3.8, 4) is 12.1 Å². The Hall–Kier alpha value is -1.02. The molecular weight excluding hydrogens is 196 g/mol. The second kappa shape index (κ2) is 4.88. The molecule has 0 saturated carbocycles. The molecule has 0 aliphatic heterocycles. The zero-order valence-corrected chi connectivity index (χ0v) is 11.6. The summed E-state index contributed by atoms with van der Waals surface area (Å²) < 4.78 is 0. The fraction of sp³-hybridized carbons (Fsp3) is 0.857. The Bertz CT molecular complexity index is 290. The molecule has 2 heteroatoms. The van der Waals surface area contributed by atoms with Crippen LogP contribution in [0.3, 0.4) is 0 Å². The summed E-state index contributed by atoms with van der Waals surface area (Å²) in [5.41, 5.74) is 0.0900. The van der Waals surface area contributed by atoms with Gasteiger partial charge >= 0.3 is 0 Å². The molecule has 0 unspecified atom stereocenters. The third kappa shape index (κ3) is 3.53. The van der Waals surface area contributed by atoms with Gasteiger partial charge in [-0.1, -0.05) is 48.5 Å². The van der Waals surface area contributed by atoms with Gasteiger partial charge in [0.15, 0.2) is 0 Å². The number of nitrogens with zero attached hydrogens (tertiary/aromatic N) is 2. The molecule has 0 radical (unpaired) electrons. The van der Waals surface area contributed by atoms with Gasteiger partial charge in [-0.05, 0) is 22.7 Å². The first-order valence-corrected chi connectivity index (χ1v) is 5.85. The van der Waals surface area contributed by atoms with E-state index in [4.69, 9.17) is 10.5 Å². The first-order valence-electron chi connectivity index (χ1n) is 5.85. The van der Waals surface area contributed by atoms with Crippen LogP contribution in [-0.2, 0) is 0 Å². The zero-order chi connectivity index (χ0) is 13.1. The molecule has 0 saturated heterocycles. The lowest BCUT2D eigenvalue weighted by Crippen LogP contribution is -2.38. The van der Waals surface area contributed by atoms with Crippen molar-refractivity contribution in [2.75, 3.05) is 0 Å². The van der Waals surface area contributed by atoms with Crippen LogP contribution in [0.4, 0.5) is 0 Å². The van der Waals surface area contributed by atoms with E-state index >= 15 is 0 Å². The molecule has 2 atom stereocenters. The van der Waals surface area contributed by atoms with E-state index in [9.17, 15) is 0 Å². The van der Waals surface area contributed by atoms with Crippen LogP contribution in [0.5, 0.6) is 0 Å². The molecule has 0 amide bonds. The third-order valence-electron chi connectivity index (χ3n) is 3.54. The summed E-state index contributed by atoms with van der Waals surface area (Å²) in [4.78, 5) is 0. The molecule has 0 aromatic heterocycles. The Labute approximate surface area is 100 Å². The van der Waals surface area contributed by atoms with E-state index in [0.29, 0.717) is 5.92 Å². The van der Waals surface area contributed by atoms with E-state index in [1.54, 1.807) is 0 Å². The van der Waals surface area contributed by atoms with Crippen molar-refractivity contribution < 1.29 is 0 Å². The molecule has 0 rings (SSSR count). The molecule has 16 heavy (non-hydrogen) atoms. The van der Waals surface area contributed by atoms with Crippen molar-refractivity contribution >= 4 is 0 Å². The van der Waals surface area contributed by atoms with Gasteiger partial charge in [0.05, 0.1) is 12.1 Å². The maximum atomic E-state index is 9.10. The highest BCUT2D eigenvalue weighted by Gasteiger charge is 2.41. The minimum atomic E-state index is -0.519. The van der Waals surface area contributed by atoms with Gasteiger partial charge in [-0.15, -0.1) is 0 Å². The highest BCUT2D eigenvalue weighted by Crippen LogP contribution is 2.44. The van der Waals surface area contributed by atoms with E-state index in [1.165, 1.54) is 0 Å². The quantitative estimate of drug-likeness (QED) is 0.706. The maximum Gasteiger partial charge on any atom is 0.136 e. The van der Waals surface area contributed by atoms with E-state index in [0.717, 1.165) is 0 Å². The second-order valence-electron chi connectivity index (χ2n) is 6.78. The van der Waals surface area contributed by atoms with Gasteiger partial charge < -0.3 is 0 Å². The molecule has 0 aromatic carbocycles. The molecule has 90 valence electrons. The zero-order valence-electron chi connectivity index (χ0n) is 11.6. The van der Waals surface area contributed by atoms with E-state index < -0.39 is 5.92 Å². The van der Waals surface area contributed by atoms with Gasteiger partial charge in [0.2, 0.25) is 0 Å². The van der Waals surface area contributed by atoms with Crippen LogP contribution < -0.4 is 0 Å². The Kier molecular flexibility index (Phi) is 4.56. The second-order valence-corrected chi connectivity index (χ2v) is 6.78. The van der Waals surface area contributed by atoms with Gasteiger partial charge in [-0.25, -0.2) is 0 Å². The minimum Gasteiger partial charge on any atom is -0.197 e. The lowest BCUT2D eigenvalue weighted by atomic mass is 9.61. The Morgan fingerprint density at radius 3 is 1.38 bits per heavy atom. The number of nitriles is 2. The topological polar surface area (TPSA) is 47.6 Å². The molecule has 0 bridgehead atoms. The Balaban J connectivity index is 5.31. The monoisotopic (exact) mass is 220 g/mol. The largest absolute Gasteiger partial charge is 0.197 e. The van der Waals surface area contributed by atoms with Crippen LogP contribution in [0.2, 0.25) is 0 Å². The lowest BCUT2D eigenvalue weighted by molar-refractivity contribution is 0.0688. The van der Waals surface area contributed by atoms with Crippen molar-refractivity contribution in [3.63, 3.8) is 0 Å². The molecule has 0 fully saturated rings. The van der Waals surface area contributed by atoms with Gasteiger partial charge in [-0.3, -0.25) is 0 Å². The van der Waals surface area contributed by atoms with Crippen molar-refractivity contribution in [1.29, 1.82) is 10.5 Å². The molecule has 2 nitrogen and oxygen atoms in total. The minimum absolute atomic E-state index is 0.0250. The Morgan fingerprint density at radius 2 is 1.19 bits per heavy atom. The van der Waals surface area contributed by atoms with Gasteiger partial charge in [0.1, 0.15) is 5.92 Å². The predicted octanol–water partition coefficient (Wildman–Crippen LogP) is 3.99. The molecule has 0 aliphatic rings. The third-order valence-corrected chi connectivity index (χ3v) is 3.54. The summed E-state index contributed by atoms with van der Waals surface area (Å²) in [6.45, 7) is 15.0. The van der Waals surface area contributed by atoms with Crippen molar-refractivity contribution in [3.05, 3.63) is 0 Å². The van der Waals surface area contributed by atoms with Gasteiger partial charge in [0.25, 0.3) is 0 Å². The van der Waals surface area contributed by atoms with Crippen LogP contribution in [0, 0.1) is 51.2 Å². The SMILES string of the molecule is C[C@@H]([C@H](C(C#N)C#N)C(C)(C)C)C(C)(C)C. The molecule has 0 aliphatic carbocycles. The van der Waals surface area contributed by atoms with Crippen LogP contribution in [0.25, 0.3) is 0 Å². The molecule has 0 N–H and O–H groups in total. The average Bonchev–Trinajstić information content (AvgIpc) is 2.09. The van der Waals surface area contributed by atoms with Crippen molar-refractivity contribution in [2.24, 2.45) is 28.6 Å². The highest BCUT2D eigenvalue weighted by atomic mass is 14.5. The van der Waals surface area contributed by atoms with E-state index in [1.807, 2.05) is 0 Å². The first-order chi connectivity index (χ1) is 7.05. The highest BCUT2D eigenvalue weighted by molar-refractivity contribution is 5.07. The number of hydrogen-bond donors (Lipinski definition) is 0. The van der Waals surface area contributed by atoms with Crippen molar-refractivity contribution in [2.45, 2.75) is 48.5 Å². The summed E-state index contributed by atoms with van der Waals surface area (Å²) in [6, 6.07) is 4.30. The normalized spacial score (nSPS) is 16.4. The molecule has 0 aromatic rings. The number of hydrogen-bond acceptors (Lipinski definition) is 2. The Morgan fingerprint density at radius 1 is 0.812 bits per heavy atom. The van der Waals surface area contributed by atoms with E-state index in [2.05, 4.69) is 60.6 Å². The van der Waals surface area contributed by atoms with Crippen LogP contribution in [-0.4, -0.2) is 0 Å². The van der Waals surface area contributed by atoms with Crippen LogP contribution >= 0.6 is 0 Å². The molecular formula is C14H24N2. The van der Waals surface area contributed by atoms with E-state index in [-0.39, 0.29) is 16.7 Å². The predicted molar refractivity (Wildman–Crippen MR) is 66.3 cm³/mol. The summed E-state index contributed by atoms with van der Waals surface area (Å²) in [6.07, 6.45) is 0. The standard InChI is InChI=1S/C14H24N2/c1-10(13(2,3)4)12(14(5,6)7)11(8-15)9-16/h10-12H,1-7H3/t10-,12+/m0/s1. The number of rotatable bonds is 2.